The Morgan fingerprint density at radius 1 is 0.762 bits per heavy atom. The van der Waals surface area contributed by atoms with Crippen LogP contribution in [-0.4, -0.2) is 61.7 Å². The van der Waals surface area contributed by atoms with Gasteiger partial charge in [0.15, 0.2) is 0 Å². The summed E-state index contributed by atoms with van der Waals surface area (Å²) in [5.74, 6) is 0.981. The number of likely N-dealkylation sites (tertiary alicyclic amines) is 2. The summed E-state index contributed by atoms with van der Waals surface area (Å²) in [6.07, 6.45) is 13.0. The minimum atomic E-state index is 0.896. The highest BCUT2D eigenvalue weighted by atomic mass is 15.2. The molecule has 3 heteroatoms. The van der Waals surface area contributed by atoms with Crippen molar-refractivity contribution >= 4 is 0 Å². The van der Waals surface area contributed by atoms with Crippen molar-refractivity contribution in [2.75, 3.05) is 45.8 Å². The maximum Gasteiger partial charge on any atom is 0.0120 e. The van der Waals surface area contributed by atoms with E-state index in [4.69, 9.17) is 0 Å². The number of nitrogens with one attached hydrogen (secondary N) is 1. The van der Waals surface area contributed by atoms with Gasteiger partial charge < -0.3 is 15.1 Å². The second-order valence-corrected chi connectivity index (χ2v) is 7.52. The molecule has 0 amide bonds. The molecule has 3 rings (SSSR count). The Morgan fingerprint density at radius 3 is 2.19 bits per heavy atom. The lowest BCUT2D eigenvalue weighted by molar-refractivity contribution is 0.0929. The molecule has 3 aliphatic rings. The summed E-state index contributed by atoms with van der Waals surface area (Å²) >= 11 is 0. The molecule has 3 nitrogen and oxygen atoms in total. The van der Waals surface area contributed by atoms with E-state index in [9.17, 15) is 0 Å². The van der Waals surface area contributed by atoms with Crippen LogP contribution in [0.4, 0.5) is 0 Å². The van der Waals surface area contributed by atoms with E-state index >= 15 is 0 Å². The first-order chi connectivity index (χ1) is 10.4. The lowest BCUT2D eigenvalue weighted by Crippen LogP contribution is -2.47. The van der Waals surface area contributed by atoms with Crippen LogP contribution in [0.1, 0.15) is 57.8 Å². The third kappa shape index (κ3) is 4.94. The predicted octanol–water partition coefficient (Wildman–Crippen LogP) is 2.72. The van der Waals surface area contributed by atoms with Crippen LogP contribution in [0, 0.1) is 5.92 Å². The van der Waals surface area contributed by atoms with E-state index in [0.717, 1.165) is 12.0 Å². The van der Waals surface area contributed by atoms with Gasteiger partial charge >= 0.3 is 0 Å². The van der Waals surface area contributed by atoms with Gasteiger partial charge in [0.25, 0.3) is 0 Å². The zero-order valence-corrected chi connectivity index (χ0v) is 13.9. The second-order valence-electron chi connectivity index (χ2n) is 7.52. The highest BCUT2D eigenvalue weighted by Gasteiger charge is 2.25. The van der Waals surface area contributed by atoms with E-state index in [-0.39, 0.29) is 0 Å². The second kappa shape index (κ2) is 8.50. The Balaban J connectivity index is 1.25. The maximum atomic E-state index is 3.70. The van der Waals surface area contributed by atoms with Gasteiger partial charge in [-0.25, -0.2) is 0 Å². The first kappa shape index (κ1) is 15.8. The summed E-state index contributed by atoms with van der Waals surface area (Å²) in [5.41, 5.74) is 0. The molecule has 0 unspecified atom stereocenters. The summed E-state index contributed by atoms with van der Waals surface area (Å²) < 4.78 is 0. The van der Waals surface area contributed by atoms with Crippen LogP contribution in [0.5, 0.6) is 0 Å². The van der Waals surface area contributed by atoms with Gasteiger partial charge in [-0.2, -0.15) is 0 Å². The Bertz CT molecular complexity index is 274. The third-order valence-corrected chi connectivity index (χ3v) is 5.98. The molecule has 0 aromatic heterocycles. The summed E-state index contributed by atoms with van der Waals surface area (Å²) in [4.78, 5) is 5.46. The normalized spacial score (nSPS) is 27.4. The van der Waals surface area contributed by atoms with Crippen molar-refractivity contribution in [1.82, 2.24) is 15.1 Å². The minimum Gasteiger partial charge on any atom is -0.315 e. The quantitative estimate of drug-likeness (QED) is 0.760. The van der Waals surface area contributed by atoms with Crippen molar-refractivity contribution in [2.24, 2.45) is 5.92 Å². The molecular weight excluding hydrogens is 258 g/mol. The van der Waals surface area contributed by atoms with Crippen LogP contribution in [0.2, 0.25) is 0 Å². The Labute approximate surface area is 131 Å². The average Bonchev–Trinajstić information content (AvgIpc) is 3.06. The highest BCUT2D eigenvalue weighted by Crippen LogP contribution is 2.23. The summed E-state index contributed by atoms with van der Waals surface area (Å²) in [6.45, 7) is 9.12. The van der Waals surface area contributed by atoms with Crippen molar-refractivity contribution in [1.29, 1.82) is 0 Å². The van der Waals surface area contributed by atoms with Crippen LogP contribution in [0.15, 0.2) is 0 Å². The molecule has 0 aromatic rings. The van der Waals surface area contributed by atoms with Crippen molar-refractivity contribution in [3.05, 3.63) is 0 Å². The van der Waals surface area contributed by atoms with Crippen molar-refractivity contribution < 1.29 is 0 Å². The van der Waals surface area contributed by atoms with Crippen LogP contribution < -0.4 is 5.32 Å². The van der Waals surface area contributed by atoms with Crippen LogP contribution >= 0.6 is 0 Å². The molecule has 1 saturated carbocycles. The molecule has 0 aromatic carbocycles. The molecule has 1 N–H and O–H groups in total. The Hall–Kier alpha value is -0.120. The maximum absolute atomic E-state index is 3.70. The molecular formula is C18H35N3. The number of piperidine rings is 2. The predicted molar refractivity (Wildman–Crippen MR) is 89.7 cm³/mol. The number of rotatable bonds is 6. The van der Waals surface area contributed by atoms with Gasteiger partial charge in [0, 0.05) is 19.1 Å². The number of hydrogen-bond acceptors (Lipinski definition) is 3. The van der Waals surface area contributed by atoms with Gasteiger partial charge in [0.2, 0.25) is 0 Å². The molecule has 2 saturated heterocycles. The van der Waals surface area contributed by atoms with Gasteiger partial charge in [0.1, 0.15) is 0 Å². The standard InChI is InChI=1S/C18H35N3/c1-4-11-21(12-5-1)18-8-13-20(14-9-18)15-10-19-16-17-6-2-3-7-17/h17-19H,1-16H2. The summed E-state index contributed by atoms with van der Waals surface area (Å²) in [5, 5.41) is 3.70. The van der Waals surface area contributed by atoms with Crippen molar-refractivity contribution in [2.45, 2.75) is 63.8 Å². The molecule has 0 radical (unpaired) electrons. The van der Waals surface area contributed by atoms with Gasteiger partial charge in [-0.15, -0.1) is 0 Å². The molecule has 2 heterocycles. The van der Waals surface area contributed by atoms with E-state index in [1.54, 1.807) is 0 Å². The van der Waals surface area contributed by atoms with Crippen molar-refractivity contribution in [3.8, 4) is 0 Å². The SMILES string of the molecule is C1CCN(C2CCN(CCNCC3CCCC3)CC2)CC1. The monoisotopic (exact) mass is 293 g/mol. The number of hydrogen-bond donors (Lipinski definition) is 1. The molecule has 122 valence electrons. The topological polar surface area (TPSA) is 18.5 Å². The van der Waals surface area contributed by atoms with E-state index in [2.05, 4.69) is 15.1 Å². The van der Waals surface area contributed by atoms with E-state index < -0.39 is 0 Å². The van der Waals surface area contributed by atoms with Crippen LogP contribution in [0.25, 0.3) is 0 Å². The zero-order chi connectivity index (χ0) is 14.3. The Kier molecular flexibility index (Phi) is 6.38. The van der Waals surface area contributed by atoms with Gasteiger partial charge in [-0.3, -0.25) is 0 Å². The highest BCUT2D eigenvalue weighted by molar-refractivity contribution is 4.81. The molecule has 21 heavy (non-hydrogen) atoms. The smallest absolute Gasteiger partial charge is 0.0120 e. The molecule has 0 atom stereocenters. The van der Waals surface area contributed by atoms with E-state index in [1.165, 1.54) is 104 Å². The molecule has 3 fully saturated rings. The Morgan fingerprint density at radius 2 is 1.48 bits per heavy atom. The fourth-order valence-electron chi connectivity index (χ4n) is 4.55. The van der Waals surface area contributed by atoms with Crippen LogP contribution in [-0.2, 0) is 0 Å². The lowest BCUT2D eigenvalue weighted by atomic mass is 10.00. The van der Waals surface area contributed by atoms with E-state index in [1.807, 2.05) is 0 Å². The van der Waals surface area contributed by atoms with Gasteiger partial charge in [-0.1, -0.05) is 19.3 Å². The van der Waals surface area contributed by atoms with Crippen LogP contribution in [0.3, 0.4) is 0 Å². The van der Waals surface area contributed by atoms with E-state index in [0.29, 0.717) is 0 Å². The molecule has 0 spiro atoms. The third-order valence-electron chi connectivity index (χ3n) is 5.98. The van der Waals surface area contributed by atoms with Gasteiger partial charge in [-0.05, 0) is 77.2 Å². The molecule has 1 aliphatic carbocycles. The lowest BCUT2D eigenvalue weighted by Gasteiger charge is -2.40. The minimum absolute atomic E-state index is 0.896. The summed E-state index contributed by atoms with van der Waals surface area (Å²) in [7, 11) is 0. The average molecular weight is 293 g/mol. The van der Waals surface area contributed by atoms with Crippen molar-refractivity contribution in [3.63, 3.8) is 0 Å². The largest absolute Gasteiger partial charge is 0.315 e. The zero-order valence-electron chi connectivity index (χ0n) is 13.9. The molecule has 0 bridgehead atoms. The molecule has 2 aliphatic heterocycles. The summed E-state index contributed by atoms with van der Waals surface area (Å²) in [6, 6.07) is 0.896. The first-order valence-electron chi connectivity index (χ1n) is 9.59. The number of nitrogens with zero attached hydrogens (tertiary/aromatic N) is 2. The fourth-order valence-corrected chi connectivity index (χ4v) is 4.55. The first-order valence-corrected chi connectivity index (χ1v) is 9.59. The van der Waals surface area contributed by atoms with Gasteiger partial charge in [0.05, 0.1) is 0 Å². The fraction of sp³-hybridized carbons (Fsp3) is 1.00.